The number of benzene rings is 1. The Balaban J connectivity index is 1.51. The number of nitrogens with zero attached hydrogens (tertiary/aromatic N) is 2. The van der Waals surface area contributed by atoms with E-state index in [0.717, 1.165) is 24.7 Å². The van der Waals surface area contributed by atoms with Crippen LogP contribution in [0.2, 0.25) is 0 Å². The zero-order chi connectivity index (χ0) is 14.1. The average Bonchev–Trinajstić information content (AvgIpc) is 3.05. The number of rotatable bonds is 2. The molecule has 4 nitrogen and oxygen atoms in total. The van der Waals surface area contributed by atoms with E-state index in [4.69, 9.17) is 9.51 Å². The molecule has 4 heteroatoms. The van der Waals surface area contributed by atoms with Crippen molar-refractivity contribution in [1.29, 1.82) is 0 Å². The summed E-state index contributed by atoms with van der Waals surface area (Å²) in [4.78, 5) is 4.69. The second-order valence-corrected chi connectivity index (χ2v) is 6.23. The van der Waals surface area contributed by atoms with Gasteiger partial charge < -0.3 is 9.84 Å². The van der Waals surface area contributed by atoms with Crippen LogP contribution in [-0.2, 0) is 13.0 Å². The Morgan fingerprint density at radius 2 is 1.86 bits per heavy atom. The lowest BCUT2D eigenvalue weighted by atomic mass is 9.89. The van der Waals surface area contributed by atoms with Gasteiger partial charge in [-0.3, -0.25) is 0 Å². The summed E-state index contributed by atoms with van der Waals surface area (Å²) in [5.74, 6) is 2.18. The van der Waals surface area contributed by atoms with Gasteiger partial charge in [0.2, 0.25) is 5.89 Å². The summed E-state index contributed by atoms with van der Waals surface area (Å²) >= 11 is 0. The molecule has 1 aliphatic carbocycles. The quantitative estimate of drug-likeness (QED) is 0.916. The van der Waals surface area contributed by atoms with Crippen LogP contribution in [0.1, 0.15) is 66.9 Å². The minimum absolute atomic E-state index is 0.157. The van der Waals surface area contributed by atoms with Crippen LogP contribution in [0.5, 0.6) is 0 Å². The molecule has 2 aliphatic rings. The topological polar surface area (TPSA) is 51.0 Å². The standard InChI is InChI=1S/C17H21N3O/c1-2-6-12(7-3-1)16-19-17(21-20-16)15-10-13-8-4-5-9-14(13)11-18-15/h4-5,8-9,12,15,18H,1-3,6-7,10-11H2. The smallest absolute Gasteiger partial charge is 0.244 e. The highest BCUT2D eigenvalue weighted by molar-refractivity contribution is 5.30. The highest BCUT2D eigenvalue weighted by Crippen LogP contribution is 2.32. The molecule has 1 N–H and O–H groups in total. The monoisotopic (exact) mass is 283 g/mol. The normalized spacial score (nSPS) is 23.0. The van der Waals surface area contributed by atoms with Crippen molar-refractivity contribution in [2.24, 2.45) is 0 Å². The molecule has 0 saturated heterocycles. The van der Waals surface area contributed by atoms with Crippen molar-refractivity contribution >= 4 is 0 Å². The number of hydrogen-bond acceptors (Lipinski definition) is 4. The molecule has 1 saturated carbocycles. The lowest BCUT2D eigenvalue weighted by Crippen LogP contribution is -2.28. The van der Waals surface area contributed by atoms with E-state index < -0.39 is 0 Å². The molecule has 0 spiro atoms. The first-order valence-corrected chi connectivity index (χ1v) is 8.04. The fraction of sp³-hybridized carbons (Fsp3) is 0.529. The molecule has 0 amide bonds. The summed E-state index contributed by atoms with van der Waals surface area (Å²) in [7, 11) is 0. The molecule has 110 valence electrons. The Kier molecular flexibility index (Phi) is 3.47. The first kappa shape index (κ1) is 13.0. The molecule has 1 aliphatic heterocycles. The second kappa shape index (κ2) is 5.60. The molecule has 2 aromatic rings. The molecule has 1 unspecified atom stereocenters. The fourth-order valence-electron chi connectivity index (χ4n) is 3.54. The van der Waals surface area contributed by atoms with Crippen molar-refractivity contribution < 1.29 is 4.52 Å². The third-order valence-corrected chi connectivity index (χ3v) is 4.81. The molecule has 2 heterocycles. The van der Waals surface area contributed by atoms with E-state index in [1.165, 1.54) is 43.2 Å². The van der Waals surface area contributed by atoms with Gasteiger partial charge in [-0.15, -0.1) is 0 Å². The van der Waals surface area contributed by atoms with E-state index in [1.807, 2.05) is 0 Å². The van der Waals surface area contributed by atoms with Gasteiger partial charge in [0, 0.05) is 12.5 Å². The van der Waals surface area contributed by atoms with Crippen molar-refractivity contribution in [3.05, 3.63) is 47.1 Å². The van der Waals surface area contributed by atoms with Gasteiger partial charge in [-0.1, -0.05) is 48.7 Å². The Morgan fingerprint density at radius 1 is 1.05 bits per heavy atom. The summed E-state index contributed by atoms with van der Waals surface area (Å²) in [6, 6.07) is 8.73. The van der Waals surface area contributed by atoms with Crippen LogP contribution in [0, 0.1) is 0 Å². The van der Waals surface area contributed by atoms with E-state index in [9.17, 15) is 0 Å². The van der Waals surface area contributed by atoms with E-state index in [1.54, 1.807) is 0 Å². The average molecular weight is 283 g/mol. The molecular weight excluding hydrogens is 262 g/mol. The van der Waals surface area contributed by atoms with Crippen LogP contribution in [0.15, 0.2) is 28.8 Å². The highest BCUT2D eigenvalue weighted by Gasteiger charge is 2.26. The van der Waals surface area contributed by atoms with Gasteiger partial charge in [-0.25, -0.2) is 0 Å². The summed E-state index contributed by atoms with van der Waals surface area (Å²) in [5, 5.41) is 7.76. The zero-order valence-electron chi connectivity index (χ0n) is 12.2. The Morgan fingerprint density at radius 3 is 2.71 bits per heavy atom. The van der Waals surface area contributed by atoms with Gasteiger partial charge in [0.25, 0.3) is 0 Å². The highest BCUT2D eigenvalue weighted by atomic mass is 16.5. The summed E-state index contributed by atoms with van der Waals surface area (Å²) in [6.07, 6.45) is 7.29. The predicted molar refractivity (Wildman–Crippen MR) is 79.9 cm³/mol. The Hall–Kier alpha value is -1.68. The van der Waals surface area contributed by atoms with E-state index in [-0.39, 0.29) is 6.04 Å². The Bertz CT molecular complexity index is 616. The number of nitrogens with one attached hydrogen (secondary N) is 1. The van der Waals surface area contributed by atoms with Crippen LogP contribution in [-0.4, -0.2) is 10.1 Å². The van der Waals surface area contributed by atoms with Gasteiger partial charge in [0.1, 0.15) is 0 Å². The first-order valence-electron chi connectivity index (χ1n) is 8.04. The predicted octanol–water partition coefficient (Wildman–Crippen LogP) is 3.50. The van der Waals surface area contributed by atoms with E-state index in [0.29, 0.717) is 5.92 Å². The lowest BCUT2D eigenvalue weighted by Gasteiger charge is -2.23. The second-order valence-electron chi connectivity index (χ2n) is 6.23. The molecule has 4 rings (SSSR count). The number of aromatic nitrogens is 2. The SMILES string of the molecule is c1ccc2c(c1)CNC(c1nc(C3CCCCC3)no1)C2. The number of fused-ring (bicyclic) bond motifs is 1. The Labute approximate surface area is 124 Å². The third kappa shape index (κ3) is 2.60. The molecular formula is C17H21N3O. The van der Waals surface area contributed by atoms with Crippen molar-refractivity contribution in [3.8, 4) is 0 Å². The van der Waals surface area contributed by atoms with Crippen molar-refractivity contribution in [2.75, 3.05) is 0 Å². The fourth-order valence-corrected chi connectivity index (χ4v) is 3.54. The lowest BCUT2D eigenvalue weighted by molar-refractivity contribution is 0.314. The maximum absolute atomic E-state index is 5.55. The van der Waals surface area contributed by atoms with E-state index in [2.05, 4.69) is 34.7 Å². The van der Waals surface area contributed by atoms with Crippen molar-refractivity contribution in [2.45, 2.75) is 57.0 Å². The van der Waals surface area contributed by atoms with E-state index >= 15 is 0 Å². The molecule has 1 aromatic carbocycles. The van der Waals surface area contributed by atoms with Crippen LogP contribution in [0.4, 0.5) is 0 Å². The maximum Gasteiger partial charge on any atom is 0.244 e. The first-order chi connectivity index (χ1) is 10.4. The van der Waals surface area contributed by atoms with Gasteiger partial charge >= 0.3 is 0 Å². The molecule has 1 fully saturated rings. The molecule has 0 bridgehead atoms. The molecule has 1 aromatic heterocycles. The third-order valence-electron chi connectivity index (χ3n) is 4.81. The van der Waals surface area contributed by atoms with Gasteiger partial charge in [-0.05, 0) is 30.4 Å². The largest absolute Gasteiger partial charge is 0.338 e. The van der Waals surface area contributed by atoms with Crippen molar-refractivity contribution in [3.63, 3.8) is 0 Å². The summed E-state index contributed by atoms with van der Waals surface area (Å²) in [5.41, 5.74) is 2.76. The van der Waals surface area contributed by atoms with Crippen LogP contribution in [0.3, 0.4) is 0 Å². The van der Waals surface area contributed by atoms with Gasteiger partial charge in [0.05, 0.1) is 6.04 Å². The van der Waals surface area contributed by atoms with Gasteiger partial charge in [-0.2, -0.15) is 4.98 Å². The maximum atomic E-state index is 5.55. The zero-order valence-corrected chi connectivity index (χ0v) is 12.2. The van der Waals surface area contributed by atoms with Gasteiger partial charge in [0.15, 0.2) is 5.82 Å². The van der Waals surface area contributed by atoms with Crippen LogP contribution >= 0.6 is 0 Å². The minimum Gasteiger partial charge on any atom is -0.338 e. The molecule has 0 radical (unpaired) electrons. The minimum atomic E-state index is 0.157. The molecule has 21 heavy (non-hydrogen) atoms. The van der Waals surface area contributed by atoms with Crippen LogP contribution < -0.4 is 5.32 Å². The molecule has 1 atom stereocenters. The summed E-state index contributed by atoms with van der Waals surface area (Å²) in [6.45, 7) is 0.877. The van der Waals surface area contributed by atoms with Crippen molar-refractivity contribution in [1.82, 2.24) is 15.5 Å². The number of hydrogen-bond donors (Lipinski definition) is 1. The van der Waals surface area contributed by atoms with Crippen LogP contribution in [0.25, 0.3) is 0 Å². The summed E-state index contributed by atoms with van der Waals surface area (Å²) < 4.78 is 5.55.